The number of aliphatic imine (C=N–C) groups is 1. The highest BCUT2D eigenvalue weighted by atomic mass is 19.4. The van der Waals surface area contributed by atoms with Crippen LogP contribution in [0.4, 0.5) is 26.3 Å². The van der Waals surface area contributed by atoms with Crippen molar-refractivity contribution in [3.8, 4) is 0 Å². The Bertz CT molecular complexity index is 977. The van der Waals surface area contributed by atoms with Crippen molar-refractivity contribution in [3.63, 3.8) is 0 Å². The quantitative estimate of drug-likeness (QED) is 0.568. The maximum Gasteiger partial charge on any atom is 0.490 e. The van der Waals surface area contributed by atoms with Gasteiger partial charge < -0.3 is 15.1 Å². The summed E-state index contributed by atoms with van der Waals surface area (Å²) in [5, 5.41) is 14.2. The number of rotatable bonds is 2. The molecule has 1 amide bonds. The molecule has 3 heterocycles. The number of fused-ring (bicyclic) bond motifs is 2. The van der Waals surface area contributed by atoms with Gasteiger partial charge in [-0.25, -0.2) is 9.59 Å². The Morgan fingerprint density at radius 1 is 1.11 bits per heavy atom. The summed E-state index contributed by atoms with van der Waals surface area (Å²) >= 11 is 0. The zero-order valence-electron chi connectivity index (χ0n) is 19.2. The molecule has 2 aliphatic heterocycles. The number of carbonyl (C=O) groups excluding carboxylic acids is 1. The number of carbonyl (C=O) groups is 3. The minimum Gasteiger partial charge on any atom is -0.475 e. The second kappa shape index (κ2) is 10.8. The summed E-state index contributed by atoms with van der Waals surface area (Å²) < 4.78 is 63.5. The fourth-order valence-corrected chi connectivity index (χ4v) is 4.52. The lowest BCUT2D eigenvalue weighted by Crippen LogP contribution is -2.45. The zero-order valence-corrected chi connectivity index (χ0v) is 19.2. The van der Waals surface area contributed by atoms with Gasteiger partial charge in [0.15, 0.2) is 0 Å². The van der Waals surface area contributed by atoms with Gasteiger partial charge in [-0.1, -0.05) is 6.07 Å². The van der Waals surface area contributed by atoms with Crippen molar-refractivity contribution >= 4 is 23.7 Å². The smallest absolute Gasteiger partial charge is 0.475 e. The maximum absolute atomic E-state index is 12.7. The number of amides is 1. The van der Waals surface area contributed by atoms with Crippen molar-refractivity contribution in [2.75, 3.05) is 20.1 Å². The van der Waals surface area contributed by atoms with Crippen LogP contribution in [-0.4, -0.2) is 86.7 Å². The molecular weight excluding hydrogens is 502 g/mol. The largest absolute Gasteiger partial charge is 0.490 e. The molecule has 1 aromatic rings. The molecule has 1 saturated heterocycles. The van der Waals surface area contributed by atoms with Gasteiger partial charge in [-0.3, -0.25) is 19.7 Å². The molecule has 3 aliphatic rings. The molecule has 0 unspecified atom stereocenters. The van der Waals surface area contributed by atoms with Gasteiger partial charge in [0.2, 0.25) is 0 Å². The lowest BCUT2D eigenvalue weighted by molar-refractivity contribution is -0.193. The van der Waals surface area contributed by atoms with Crippen LogP contribution in [0.2, 0.25) is 0 Å². The third-order valence-electron chi connectivity index (χ3n) is 6.16. The van der Waals surface area contributed by atoms with E-state index in [0.717, 1.165) is 38.3 Å². The molecule has 0 radical (unpaired) electrons. The number of carboxylic acids is 2. The summed E-state index contributed by atoms with van der Waals surface area (Å²) in [6.45, 7) is 4.91. The first-order valence-electron chi connectivity index (χ1n) is 10.5. The predicted octanol–water partition coefficient (Wildman–Crippen LogP) is 2.82. The Morgan fingerprint density at radius 2 is 1.67 bits per heavy atom. The monoisotopic (exact) mass is 526 g/mol. The van der Waals surface area contributed by atoms with Gasteiger partial charge in [-0.15, -0.1) is 0 Å². The van der Waals surface area contributed by atoms with Crippen LogP contribution in [-0.2, 0) is 20.9 Å². The molecule has 2 fully saturated rings. The third-order valence-corrected chi connectivity index (χ3v) is 6.16. The Hall–Kier alpha value is -3.23. The summed E-state index contributed by atoms with van der Waals surface area (Å²) in [6.07, 6.45) is -4.39. The summed E-state index contributed by atoms with van der Waals surface area (Å²) in [4.78, 5) is 43.7. The van der Waals surface area contributed by atoms with E-state index in [4.69, 9.17) is 24.8 Å². The fraction of sp³-hybridized carbons (Fsp3) is 0.571. The lowest BCUT2D eigenvalue weighted by Gasteiger charge is -2.27. The number of aliphatic carboxylic acids is 2. The van der Waals surface area contributed by atoms with Crippen molar-refractivity contribution in [2.24, 2.45) is 16.8 Å². The third kappa shape index (κ3) is 6.71. The number of carboxylic acid groups (broad SMARTS) is 2. The van der Waals surface area contributed by atoms with E-state index >= 15 is 0 Å². The summed E-state index contributed by atoms with van der Waals surface area (Å²) in [5.41, 5.74) is 0.777. The molecule has 2 N–H and O–H groups in total. The normalized spacial score (nSPS) is 25.5. The molecular formula is C21H24F6N4O5. The van der Waals surface area contributed by atoms with Crippen molar-refractivity contribution in [2.45, 2.75) is 44.2 Å². The zero-order chi connectivity index (χ0) is 27.5. The molecule has 1 saturated carbocycles. The Balaban J connectivity index is 0.000000271. The predicted molar refractivity (Wildman–Crippen MR) is 112 cm³/mol. The minimum atomic E-state index is -5.08. The van der Waals surface area contributed by atoms with Gasteiger partial charge in [0.05, 0.1) is 0 Å². The molecule has 1 aromatic heterocycles. The number of likely N-dealkylation sites (tertiary alicyclic amines) is 1. The fourth-order valence-electron chi connectivity index (χ4n) is 4.52. The van der Waals surface area contributed by atoms with Gasteiger partial charge in [-0.05, 0) is 37.3 Å². The van der Waals surface area contributed by atoms with E-state index in [1.54, 1.807) is 4.90 Å². The number of pyridine rings is 1. The highest BCUT2D eigenvalue weighted by molar-refractivity contribution is 6.07. The van der Waals surface area contributed by atoms with Crippen LogP contribution in [0.5, 0.6) is 0 Å². The molecule has 9 nitrogen and oxygen atoms in total. The first-order chi connectivity index (χ1) is 16.5. The Labute approximate surface area is 201 Å². The molecule has 1 aliphatic carbocycles. The van der Waals surface area contributed by atoms with Crippen LogP contribution in [0.25, 0.3) is 0 Å². The van der Waals surface area contributed by atoms with Crippen LogP contribution in [0.15, 0.2) is 29.5 Å². The van der Waals surface area contributed by atoms with Gasteiger partial charge in [0.1, 0.15) is 11.4 Å². The molecule has 4 rings (SSSR count). The first-order valence-corrected chi connectivity index (χ1v) is 10.5. The van der Waals surface area contributed by atoms with Crippen LogP contribution >= 0.6 is 0 Å². The topological polar surface area (TPSA) is 123 Å². The average molecular weight is 526 g/mol. The number of halogens is 6. The van der Waals surface area contributed by atoms with Gasteiger partial charge >= 0.3 is 24.3 Å². The minimum absolute atomic E-state index is 0.209. The van der Waals surface area contributed by atoms with Crippen molar-refractivity contribution < 1.29 is 50.9 Å². The van der Waals surface area contributed by atoms with Crippen molar-refractivity contribution in [1.29, 1.82) is 0 Å². The summed E-state index contributed by atoms with van der Waals surface area (Å²) in [6, 6.07) is 4.10. The van der Waals surface area contributed by atoms with E-state index in [-0.39, 0.29) is 5.91 Å². The molecule has 200 valence electrons. The van der Waals surface area contributed by atoms with Gasteiger partial charge in [0, 0.05) is 45.0 Å². The molecule has 36 heavy (non-hydrogen) atoms. The first kappa shape index (κ1) is 29.0. The van der Waals surface area contributed by atoms with Gasteiger partial charge in [0.25, 0.3) is 5.91 Å². The van der Waals surface area contributed by atoms with Gasteiger partial charge in [-0.2, -0.15) is 26.3 Å². The van der Waals surface area contributed by atoms with Crippen molar-refractivity contribution in [1.82, 2.24) is 14.8 Å². The maximum atomic E-state index is 12.7. The van der Waals surface area contributed by atoms with Crippen LogP contribution in [0, 0.1) is 11.8 Å². The van der Waals surface area contributed by atoms with E-state index in [2.05, 4.69) is 16.0 Å². The Kier molecular flexibility index (Phi) is 8.70. The second-order valence-corrected chi connectivity index (χ2v) is 8.51. The Morgan fingerprint density at radius 3 is 2.08 bits per heavy atom. The van der Waals surface area contributed by atoms with E-state index in [1.807, 2.05) is 32.4 Å². The number of hydrogen-bond donors (Lipinski definition) is 2. The number of alkyl halides is 6. The highest BCUT2D eigenvalue weighted by Gasteiger charge is 2.60. The molecule has 15 heteroatoms. The lowest BCUT2D eigenvalue weighted by atomic mass is 9.85. The van der Waals surface area contributed by atoms with Crippen molar-refractivity contribution in [3.05, 3.63) is 30.1 Å². The molecule has 3 atom stereocenters. The number of aromatic nitrogens is 1. The van der Waals surface area contributed by atoms with E-state index < -0.39 is 29.8 Å². The van der Waals surface area contributed by atoms with Crippen LogP contribution < -0.4 is 0 Å². The van der Waals surface area contributed by atoms with Crippen LogP contribution in [0.1, 0.15) is 25.3 Å². The summed E-state index contributed by atoms with van der Waals surface area (Å²) in [7, 11) is 1.85. The van der Waals surface area contributed by atoms with Crippen LogP contribution in [0.3, 0.4) is 0 Å². The van der Waals surface area contributed by atoms with E-state index in [9.17, 15) is 31.1 Å². The molecule has 1 spiro atoms. The SMILES string of the molecule is CC1=N[C@@]2(CC[C@@H]3CN(Cc4cccnc4)C[C@@H]32)C(=O)N1C.O=C(O)C(F)(F)F.O=C(O)C(F)(F)F. The molecule has 0 aromatic carbocycles. The number of hydrogen-bond acceptors (Lipinski definition) is 6. The summed E-state index contributed by atoms with van der Waals surface area (Å²) in [5.74, 6) is -3.46. The number of likely N-dealkylation sites (N-methyl/N-ethyl adjacent to an activating group) is 1. The number of amidine groups is 1. The van der Waals surface area contributed by atoms with E-state index in [1.165, 1.54) is 5.56 Å². The van der Waals surface area contributed by atoms with E-state index in [0.29, 0.717) is 11.8 Å². The molecule has 0 bridgehead atoms. The average Bonchev–Trinajstić information content (AvgIpc) is 3.38. The number of nitrogens with zero attached hydrogens (tertiary/aromatic N) is 4. The second-order valence-electron chi connectivity index (χ2n) is 8.51. The standard InChI is InChI=1S/C17H22N4O.2C2HF3O2/c1-12-19-17(16(22)20(12)2)6-5-14-10-21(11-15(14)17)9-13-4-3-7-18-8-13;2*3-2(4,5)1(6)7/h3-4,7-8,14-15H,5-6,9-11H2,1-2H3;2*(H,6,7)/t14-,15+,17-;;/m1../s1. The highest BCUT2D eigenvalue weighted by Crippen LogP contribution is 2.50.